The highest BCUT2D eigenvalue weighted by atomic mass is 16.5. The van der Waals surface area contributed by atoms with E-state index in [1.165, 1.54) is 0 Å². The van der Waals surface area contributed by atoms with E-state index < -0.39 is 6.10 Å². The van der Waals surface area contributed by atoms with Gasteiger partial charge in [-0.1, -0.05) is 12.1 Å². The molecule has 1 aliphatic rings. The van der Waals surface area contributed by atoms with Crippen molar-refractivity contribution >= 4 is 5.91 Å². The molecule has 21 heavy (non-hydrogen) atoms. The fourth-order valence-corrected chi connectivity index (χ4v) is 2.73. The molecule has 1 aromatic carbocycles. The van der Waals surface area contributed by atoms with Crippen molar-refractivity contribution in [1.82, 2.24) is 5.32 Å². The summed E-state index contributed by atoms with van der Waals surface area (Å²) in [5.74, 6) is -0.167. The van der Waals surface area contributed by atoms with Crippen LogP contribution in [0.5, 0.6) is 0 Å². The van der Waals surface area contributed by atoms with Crippen molar-refractivity contribution in [2.45, 2.75) is 44.1 Å². The van der Waals surface area contributed by atoms with Crippen LogP contribution in [0, 0.1) is 0 Å². The second kappa shape index (κ2) is 7.54. The summed E-state index contributed by atoms with van der Waals surface area (Å²) in [6, 6.07) is 7.02. The Balaban J connectivity index is 1.97. The maximum absolute atomic E-state index is 12.2. The zero-order valence-electron chi connectivity index (χ0n) is 12.5. The average Bonchev–Trinajstić information content (AvgIpc) is 2.50. The van der Waals surface area contributed by atoms with Crippen molar-refractivity contribution in [2.24, 2.45) is 0 Å². The van der Waals surface area contributed by atoms with Crippen LogP contribution in [-0.2, 0) is 16.1 Å². The first kappa shape index (κ1) is 15.9. The number of aliphatic hydroxyl groups excluding tert-OH is 1. The fourth-order valence-electron chi connectivity index (χ4n) is 2.73. The van der Waals surface area contributed by atoms with Gasteiger partial charge in [0.05, 0.1) is 18.8 Å². The topological polar surface area (TPSA) is 67.8 Å². The van der Waals surface area contributed by atoms with Gasteiger partial charge in [-0.2, -0.15) is 0 Å². The summed E-state index contributed by atoms with van der Waals surface area (Å²) >= 11 is 0. The number of amides is 1. The fraction of sp³-hybridized carbons (Fsp3) is 0.562. The molecular formula is C16H23NO4. The van der Waals surface area contributed by atoms with E-state index in [1.54, 1.807) is 26.4 Å². The molecule has 0 saturated heterocycles. The van der Waals surface area contributed by atoms with Crippen molar-refractivity contribution in [3.8, 4) is 0 Å². The van der Waals surface area contributed by atoms with E-state index in [0.29, 0.717) is 12.2 Å². The molecule has 1 saturated carbocycles. The standard InChI is InChI=1S/C16H23NO4/c1-20-10-11-6-8-12(9-7-11)16(19)17-13-4-3-5-14(21-2)15(13)18/h6-9,13-15,18H,3-5,10H2,1-2H3,(H,17,19)/t13-,14-,15-/m1/s1. The molecule has 1 amide bonds. The van der Waals surface area contributed by atoms with Crippen LogP contribution in [0.4, 0.5) is 0 Å². The molecule has 1 aliphatic carbocycles. The number of nitrogens with one attached hydrogen (secondary N) is 1. The number of ether oxygens (including phenoxy) is 2. The summed E-state index contributed by atoms with van der Waals surface area (Å²) < 4.78 is 10.3. The van der Waals surface area contributed by atoms with Crippen molar-refractivity contribution in [2.75, 3.05) is 14.2 Å². The minimum atomic E-state index is -0.652. The van der Waals surface area contributed by atoms with Crippen LogP contribution in [0.15, 0.2) is 24.3 Å². The van der Waals surface area contributed by atoms with Crippen molar-refractivity contribution in [1.29, 1.82) is 0 Å². The maximum Gasteiger partial charge on any atom is 0.251 e. The molecule has 116 valence electrons. The largest absolute Gasteiger partial charge is 0.388 e. The van der Waals surface area contributed by atoms with Crippen LogP contribution in [0.1, 0.15) is 35.2 Å². The molecule has 0 unspecified atom stereocenters. The summed E-state index contributed by atoms with van der Waals surface area (Å²) in [7, 11) is 3.23. The molecule has 0 aliphatic heterocycles. The third-order valence-electron chi connectivity index (χ3n) is 3.94. The van der Waals surface area contributed by atoms with Gasteiger partial charge in [-0.3, -0.25) is 4.79 Å². The van der Waals surface area contributed by atoms with Gasteiger partial charge in [-0.25, -0.2) is 0 Å². The van der Waals surface area contributed by atoms with Gasteiger partial charge in [0, 0.05) is 19.8 Å². The molecule has 5 nitrogen and oxygen atoms in total. The lowest BCUT2D eigenvalue weighted by Crippen LogP contribution is -2.51. The van der Waals surface area contributed by atoms with Crippen molar-refractivity contribution in [3.63, 3.8) is 0 Å². The third kappa shape index (κ3) is 4.03. The summed E-state index contributed by atoms with van der Waals surface area (Å²) in [5.41, 5.74) is 1.60. The Labute approximate surface area is 125 Å². The number of carbonyl (C=O) groups excluding carboxylic acids is 1. The van der Waals surface area contributed by atoms with Crippen LogP contribution < -0.4 is 5.32 Å². The lowest BCUT2D eigenvalue weighted by molar-refractivity contribution is -0.0513. The molecule has 2 rings (SSSR count). The van der Waals surface area contributed by atoms with Gasteiger partial charge < -0.3 is 19.9 Å². The number of benzene rings is 1. The average molecular weight is 293 g/mol. The van der Waals surface area contributed by atoms with Gasteiger partial charge >= 0.3 is 0 Å². The highest BCUT2D eigenvalue weighted by Crippen LogP contribution is 2.21. The first-order valence-electron chi connectivity index (χ1n) is 7.25. The molecule has 0 spiro atoms. The molecule has 5 heteroatoms. The van der Waals surface area contributed by atoms with Crippen LogP contribution >= 0.6 is 0 Å². The minimum absolute atomic E-state index is 0.167. The third-order valence-corrected chi connectivity index (χ3v) is 3.94. The number of methoxy groups -OCH3 is 2. The Hall–Kier alpha value is -1.43. The predicted molar refractivity (Wildman–Crippen MR) is 79.1 cm³/mol. The monoisotopic (exact) mass is 293 g/mol. The summed E-state index contributed by atoms with van der Waals surface area (Å²) in [6.45, 7) is 0.527. The van der Waals surface area contributed by atoms with E-state index in [2.05, 4.69) is 5.32 Å². The van der Waals surface area contributed by atoms with E-state index >= 15 is 0 Å². The molecule has 2 N–H and O–H groups in total. The Bertz CT molecular complexity index is 460. The number of aliphatic hydroxyl groups is 1. The van der Waals surface area contributed by atoms with Crippen molar-refractivity contribution in [3.05, 3.63) is 35.4 Å². The first-order valence-corrected chi connectivity index (χ1v) is 7.25. The number of carbonyl (C=O) groups is 1. The summed E-state index contributed by atoms with van der Waals surface area (Å²) in [5, 5.41) is 13.1. The Morgan fingerprint density at radius 2 is 2.00 bits per heavy atom. The molecule has 0 aromatic heterocycles. The highest BCUT2D eigenvalue weighted by Gasteiger charge is 2.32. The van der Waals surface area contributed by atoms with Gasteiger partial charge in [0.15, 0.2) is 0 Å². The van der Waals surface area contributed by atoms with Gasteiger partial charge in [0.2, 0.25) is 0 Å². The quantitative estimate of drug-likeness (QED) is 0.863. The normalized spacial score (nSPS) is 25.6. The second-order valence-electron chi connectivity index (χ2n) is 5.41. The number of hydrogen-bond acceptors (Lipinski definition) is 4. The SMILES string of the molecule is COCc1ccc(C(=O)N[C@@H]2CCC[C@@H](OC)[C@@H]2O)cc1. The highest BCUT2D eigenvalue weighted by molar-refractivity contribution is 5.94. The molecule has 0 bridgehead atoms. The van der Waals surface area contributed by atoms with Gasteiger partial charge in [0.25, 0.3) is 5.91 Å². The van der Waals surface area contributed by atoms with Gasteiger partial charge in [0.1, 0.15) is 6.10 Å². The van der Waals surface area contributed by atoms with Crippen molar-refractivity contribution < 1.29 is 19.4 Å². The Morgan fingerprint density at radius 1 is 1.29 bits per heavy atom. The molecular weight excluding hydrogens is 270 g/mol. The van der Waals surface area contributed by atoms with Crippen LogP contribution in [0.25, 0.3) is 0 Å². The van der Waals surface area contributed by atoms with E-state index in [0.717, 1.165) is 24.8 Å². The number of rotatable bonds is 5. The maximum atomic E-state index is 12.2. The zero-order valence-corrected chi connectivity index (χ0v) is 12.5. The number of hydrogen-bond donors (Lipinski definition) is 2. The van der Waals surface area contributed by atoms with E-state index in [-0.39, 0.29) is 18.1 Å². The molecule has 0 radical (unpaired) electrons. The molecule has 1 aromatic rings. The Kier molecular flexibility index (Phi) is 5.73. The molecule has 3 atom stereocenters. The van der Waals surface area contributed by atoms with E-state index in [9.17, 15) is 9.90 Å². The second-order valence-corrected chi connectivity index (χ2v) is 5.41. The lowest BCUT2D eigenvalue weighted by atomic mass is 9.89. The summed E-state index contributed by atoms with van der Waals surface area (Å²) in [4.78, 5) is 12.2. The smallest absolute Gasteiger partial charge is 0.251 e. The van der Waals surface area contributed by atoms with Crippen LogP contribution in [0.2, 0.25) is 0 Å². The van der Waals surface area contributed by atoms with Crippen LogP contribution in [-0.4, -0.2) is 43.5 Å². The Morgan fingerprint density at radius 3 is 2.62 bits per heavy atom. The lowest BCUT2D eigenvalue weighted by Gasteiger charge is -2.34. The predicted octanol–water partition coefficient (Wildman–Crippen LogP) is 1.49. The van der Waals surface area contributed by atoms with E-state index in [4.69, 9.17) is 9.47 Å². The zero-order chi connectivity index (χ0) is 15.2. The first-order chi connectivity index (χ1) is 10.2. The molecule has 0 heterocycles. The van der Waals surface area contributed by atoms with Gasteiger partial charge in [-0.15, -0.1) is 0 Å². The minimum Gasteiger partial charge on any atom is -0.388 e. The van der Waals surface area contributed by atoms with Crippen LogP contribution in [0.3, 0.4) is 0 Å². The summed E-state index contributed by atoms with van der Waals surface area (Å²) in [6.07, 6.45) is 1.69. The molecule has 1 fully saturated rings. The van der Waals surface area contributed by atoms with Gasteiger partial charge in [-0.05, 0) is 37.0 Å². The van der Waals surface area contributed by atoms with E-state index in [1.807, 2.05) is 12.1 Å².